The van der Waals surface area contributed by atoms with Crippen LogP contribution in [0.4, 0.5) is 17.2 Å². The Bertz CT molecular complexity index is 1110. The Balaban J connectivity index is 1.74. The summed E-state index contributed by atoms with van der Waals surface area (Å²) in [4.78, 5) is 32.4. The number of rotatable bonds is 8. The van der Waals surface area contributed by atoms with Gasteiger partial charge in [-0.05, 0) is 49.4 Å². The molecule has 0 bridgehead atoms. The largest absolute Gasteiger partial charge is 0.396 e. The van der Waals surface area contributed by atoms with Gasteiger partial charge in [-0.1, -0.05) is 24.6 Å². The van der Waals surface area contributed by atoms with Crippen molar-refractivity contribution in [3.8, 4) is 11.3 Å². The SMILES string of the molecule is CC(=O)Nc1cc(-c2[nH]c3c(c2Nc2ccccc2)C(=O)CC(CCCCO)C3)ccn1. The number of ketones is 1. The molecular weight excluding hydrogens is 404 g/mol. The number of nitrogens with zero attached hydrogens (tertiary/aromatic N) is 1. The summed E-state index contributed by atoms with van der Waals surface area (Å²) in [7, 11) is 0. The van der Waals surface area contributed by atoms with Gasteiger partial charge < -0.3 is 20.7 Å². The van der Waals surface area contributed by atoms with Crippen molar-refractivity contribution in [1.29, 1.82) is 0 Å². The Morgan fingerprint density at radius 2 is 2.00 bits per heavy atom. The Labute approximate surface area is 187 Å². The highest BCUT2D eigenvalue weighted by molar-refractivity contribution is 6.07. The number of aliphatic hydroxyl groups is 1. The lowest BCUT2D eigenvalue weighted by atomic mass is 9.83. The second-order valence-electron chi connectivity index (χ2n) is 8.25. The molecule has 0 saturated heterocycles. The highest BCUT2D eigenvalue weighted by Gasteiger charge is 2.31. The molecule has 2 aromatic heterocycles. The number of aromatic nitrogens is 2. The van der Waals surface area contributed by atoms with Crippen LogP contribution in [0, 0.1) is 5.92 Å². The number of hydrogen-bond acceptors (Lipinski definition) is 5. The molecule has 1 unspecified atom stereocenters. The molecule has 1 aliphatic rings. The van der Waals surface area contributed by atoms with Crippen LogP contribution in [-0.2, 0) is 11.2 Å². The van der Waals surface area contributed by atoms with Crippen LogP contribution >= 0.6 is 0 Å². The standard InChI is InChI=1S/C25H28N4O3/c1-16(31)27-22-15-18(10-11-26-22)24-25(28-19-8-3-2-4-9-19)23-20(29-24)13-17(14-21(23)32)7-5-6-12-30/h2-4,8-11,15,17,28-30H,5-7,12-14H2,1H3,(H,26,27,31). The number of Topliss-reactive ketones (excluding diaryl/α,β-unsaturated/α-hetero) is 1. The van der Waals surface area contributed by atoms with Crippen molar-refractivity contribution < 1.29 is 14.7 Å². The van der Waals surface area contributed by atoms with Gasteiger partial charge in [0.1, 0.15) is 5.82 Å². The van der Waals surface area contributed by atoms with E-state index in [-0.39, 0.29) is 24.2 Å². The van der Waals surface area contributed by atoms with Crippen LogP contribution in [-0.4, -0.2) is 33.4 Å². The lowest BCUT2D eigenvalue weighted by Crippen LogP contribution is -2.20. The van der Waals surface area contributed by atoms with Gasteiger partial charge >= 0.3 is 0 Å². The van der Waals surface area contributed by atoms with Gasteiger partial charge in [0.25, 0.3) is 0 Å². The topological polar surface area (TPSA) is 107 Å². The number of pyridine rings is 1. The van der Waals surface area contributed by atoms with E-state index >= 15 is 0 Å². The highest BCUT2D eigenvalue weighted by atomic mass is 16.3. The van der Waals surface area contributed by atoms with E-state index < -0.39 is 0 Å². The van der Waals surface area contributed by atoms with Crippen molar-refractivity contribution in [2.45, 2.75) is 39.0 Å². The number of aliphatic hydroxyl groups excluding tert-OH is 1. The van der Waals surface area contributed by atoms with Crippen molar-refractivity contribution in [3.05, 3.63) is 59.9 Å². The Morgan fingerprint density at radius 1 is 1.19 bits per heavy atom. The minimum absolute atomic E-state index is 0.123. The van der Waals surface area contributed by atoms with Crippen LogP contribution in [0.25, 0.3) is 11.3 Å². The molecule has 3 aromatic rings. The van der Waals surface area contributed by atoms with E-state index in [1.165, 1.54) is 6.92 Å². The molecule has 4 rings (SSSR count). The smallest absolute Gasteiger partial charge is 0.222 e. The molecule has 4 N–H and O–H groups in total. The van der Waals surface area contributed by atoms with E-state index in [0.717, 1.165) is 54.0 Å². The Kier molecular flexibility index (Phi) is 6.66. The first kappa shape index (κ1) is 21.8. The van der Waals surface area contributed by atoms with Crippen molar-refractivity contribution in [3.63, 3.8) is 0 Å². The van der Waals surface area contributed by atoms with E-state index in [9.17, 15) is 9.59 Å². The number of anilines is 3. The third-order valence-electron chi connectivity index (χ3n) is 5.74. The summed E-state index contributed by atoms with van der Waals surface area (Å²) in [5, 5.41) is 15.2. The summed E-state index contributed by atoms with van der Waals surface area (Å²) in [6.07, 6.45) is 5.54. The van der Waals surface area contributed by atoms with Crippen LogP contribution in [0.1, 0.15) is 48.7 Å². The molecule has 1 aliphatic carbocycles. The van der Waals surface area contributed by atoms with Crippen molar-refractivity contribution in [2.75, 3.05) is 17.2 Å². The summed E-state index contributed by atoms with van der Waals surface area (Å²) in [5.74, 6) is 0.660. The Hall–Kier alpha value is -3.45. The zero-order chi connectivity index (χ0) is 22.5. The number of H-pyrrole nitrogens is 1. The summed E-state index contributed by atoms with van der Waals surface area (Å²) < 4.78 is 0. The maximum absolute atomic E-state index is 13.2. The lowest BCUT2D eigenvalue weighted by Gasteiger charge is -2.22. The first-order valence-corrected chi connectivity index (χ1v) is 11.0. The first-order chi connectivity index (χ1) is 15.5. The molecule has 7 nitrogen and oxygen atoms in total. The van der Waals surface area contributed by atoms with Crippen molar-refractivity contribution in [2.24, 2.45) is 5.92 Å². The van der Waals surface area contributed by atoms with Gasteiger partial charge in [0.15, 0.2) is 5.78 Å². The van der Waals surface area contributed by atoms with E-state index in [1.807, 2.05) is 36.4 Å². The zero-order valence-corrected chi connectivity index (χ0v) is 18.1. The minimum Gasteiger partial charge on any atom is -0.396 e. The number of benzene rings is 1. The zero-order valence-electron chi connectivity index (χ0n) is 18.1. The van der Waals surface area contributed by atoms with Gasteiger partial charge in [0.2, 0.25) is 5.91 Å². The highest BCUT2D eigenvalue weighted by Crippen LogP contribution is 2.41. The van der Waals surface area contributed by atoms with Gasteiger partial charge in [-0.25, -0.2) is 4.98 Å². The number of fused-ring (bicyclic) bond motifs is 1. The van der Waals surface area contributed by atoms with E-state index in [4.69, 9.17) is 5.11 Å². The molecule has 1 aromatic carbocycles. The maximum atomic E-state index is 13.2. The average Bonchev–Trinajstić information content (AvgIpc) is 3.13. The number of aromatic amines is 1. The maximum Gasteiger partial charge on any atom is 0.222 e. The third-order valence-corrected chi connectivity index (χ3v) is 5.74. The van der Waals surface area contributed by atoms with Crippen LogP contribution in [0.15, 0.2) is 48.7 Å². The number of carbonyl (C=O) groups is 2. The fourth-order valence-corrected chi connectivity index (χ4v) is 4.33. The second kappa shape index (κ2) is 9.78. The predicted octanol–water partition coefficient (Wildman–Crippen LogP) is 4.69. The normalized spacial score (nSPS) is 15.3. The van der Waals surface area contributed by atoms with Gasteiger partial charge in [-0.3, -0.25) is 9.59 Å². The molecule has 0 spiro atoms. The third kappa shape index (κ3) is 4.89. The number of hydrogen-bond donors (Lipinski definition) is 4. The van der Waals surface area contributed by atoms with E-state index in [0.29, 0.717) is 17.8 Å². The van der Waals surface area contributed by atoms with Crippen molar-refractivity contribution in [1.82, 2.24) is 9.97 Å². The summed E-state index contributed by atoms with van der Waals surface area (Å²) in [6, 6.07) is 13.4. The number of para-hydroxylation sites is 1. The van der Waals surface area contributed by atoms with Crippen LogP contribution < -0.4 is 10.6 Å². The van der Waals surface area contributed by atoms with Gasteiger partial charge in [-0.15, -0.1) is 0 Å². The lowest BCUT2D eigenvalue weighted by molar-refractivity contribution is -0.114. The molecular formula is C25H28N4O3. The Morgan fingerprint density at radius 3 is 2.75 bits per heavy atom. The molecule has 0 aliphatic heterocycles. The quantitative estimate of drug-likeness (QED) is 0.387. The second-order valence-corrected chi connectivity index (χ2v) is 8.25. The van der Waals surface area contributed by atoms with Crippen molar-refractivity contribution >= 4 is 28.9 Å². The van der Waals surface area contributed by atoms with E-state index in [1.54, 1.807) is 12.3 Å². The number of amides is 1. The molecule has 32 heavy (non-hydrogen) atoms. The number of nitrogens with one attached hydrogen (secondary N) is 3. The fourth-order valence-electron chi connectivity index (χ4n) is 4.33. The molecule has 7 heteroatoms. The van der Waals surface area contributed by atoms with E-state index in [2.05, 4.69) is 20.6 Å². The van der Waals surface area contributed by atoms with Gasteiger partial charge in [0, 0.05) is 43.1 Å². The van der Waals surface area contributed by atoms with Gasteiger partial charge in [0.05, 0.1) is 16.9 Å². The fraction of sp³-hybridized carbons (Fsp3) is 0.320. The van der Waals surface area contributed by atoms with Crippen LogP contribution in [0.5, 0.6) is 0 Å². The number of unbranched alkanes of at least 4 members (excludes halogenated alkanes) is 1. The summed E-state index contributed by atoms with van der Waals surface area (Å²) in [6.45, 7) is 1.63. The number of carbonyl (C=O) groups excluding carboxylic acids is 2. The molecule has 1 amide bonds. The molecule has 0 radical (unpaired) electrons. The average molecular weight is 433 g/mol. The predicted molar refractivity (Wildman–Crippen MR) is 125 cm³/mol. The molecule has 2 heterocycles. The molecule has 0 saturated carbocycles. The van der Waals surface area contributed by atoms with Crippen LogP contribution in [0.2, 0.25) is 0 Å². The monoisotopic (exact) mass is 432 g/mol. The molecule has 1 atom stereocenters. The molecule has 0 fully saturated rings. The minimum atomic E-state index is -0.191. The van der Waals surface area contributed by atoms with Crippen LogP contribution in [0.3, 0.4) is 0 Å². The first-order valence-electron chi connectivity index (χ1n) is 11.0. The summed E-state index contributed by atoms with van der Waals surface area (Å²) >= 11 is 0. The summed E-state index contributed by atoms with van der Waals surface area (Å²) in [5.41, 5.74) is 4.93. The van der Waals surface area contributed by atoms with Gasteiger partial charge in [-0.2, -0.15) is 0 Å². The molecule has 166 valence electrons.